The highest BCUT2D eigenvalue weighted by molar-refractivity contribution is 5.83. The van der Waals surface area contributed by atoms with Gasteiger partial charge in [-0.1, -0.05) is 0 Å². The molecule has 3 N–H and O–H groups in total. The average molecular weight is 518 g/mol. The van der Waals surface area contributed by atoms with Gasteiger partial charge in [-0.2, -0.15) is 31.6 Å². The molecule has 2 saturated heterocycles. The second-order valence-corrected chi connectivity index (χ2v) is 8.68. The van der Waals surface area contributed by atoms with Crippen molar-refractivity contribution in [2.45, 2.75) is 75.0 Å². The summed E-state index contributed by atoms with van der Waals surface area (Å²) in [6, 6.07) is 3.12. The van der Waals surface area contributed by atoms with Crippen molar-refractivity contribution in [1.29, 1.82) is 5.26 Å². The molecular weight excluding hydrogens is 490 g/mol. The van der Waals surface area contributed by atoms with E-state index in [1.165, 1.54) is 12.8 Å². The number of halogens is 6. The normalized spacial score (nSPS) is 28.1. The van der Waals surface area contributed by atoms with Crippen LogP contribution in [0.1, 0.15) is 38.5 Å². The van der Waals surface area contributed by atoms with Crippen molar-refractivity contribution in [3.8, 4) is 6.07 Å². The second kappa shape index (κ2) is 12.4. The summed E-state index contributed by atoms with van der Waals surface area (Å²) in [5.74, 6) is -4.71. The number of fused-ring (bicyclic) bond motifs is 1. The van der Waals surface area contributed by atoms with Gasteiger partial charge in [0, 0.05) is 18.6 Å². The third kappa shape index (κ3) is 9.17. The Morgan fingerprint density at radius 1 is 0.971 bits per heavy atom. The number of carbonyl (C=O) groups excluding carboxylic acids is 1. The van der Waals surface area contributed by atoms with Crippen LogP contribution in [0.15, 0.2) is 0 Å². The molecule has 9 nitrogen and oxygen atoms in total. The Hall–Kier alpha value is -2.60. The fourth-order valence-corrected chi connectivity index (χ4v) is 4.33. The van der Waals surface area contributed by atoms with Gasteiger partial charge in [-0.15, -0.1) is 0 Å². The van der Waals surface area contributed by atoms with Crippen LogP contribution in [0.5, 0.6) is 0 Å². The Labute approximate surface area is 197 Å². The third-order valence-corrected chi connectivity index (χ3v) is 6.12. The molecule has 15 heteroatoms. The van der Waals surface area contributed by atoms with Crippen LogP contribution >= 0.6 is 0 Å². The monoisotopic (exact) mass is 518 g/mol. The Balaban J connectivity index is 0.000000362. The molecule has 0 spiro atoms. The van der Waals surface area contributed by atoms with Crippen molar-refractivity contribution in [2.24, 2.45) is 5.92 Å². The SMILES string of the molecule is CN(C)C1CC[C@H]2C[C@@H](C(=O)N3CCC[C@H]3C#N)N[C@H]2C1.O=C(O)C(F)(F)F.O=C(O)C(F)(F)F. The van der Waals surface area contributed by atoms with E-state index in [1.807, 2.05) is 0 Å². The number of rotatable bonds is 2. The molecule has 0 bridgehead atoms. The molecule has 3 rings (SSSR count). The Kier molecular flexibility index (Phi) is 10.8. The lowest BCUT2D eigenvalue weighted by atomic mass is 9.82. The standard InChI is InChI=1S/C16H26N4O.2C2HF3O2/c1-19(2)12-6-5-11-8-15(18-14(11)9-12)16(21)20-7-3-4-13(20)10-17;2*3-2(4,5)1(6)7/h11-15,18H,3-9H2,1-2H3;2*(H,6,7)/t11-,12?,13-,14-,15-;;/m0../s1. The number of amides is 1. The highest BCUT2D eigenvalue weighted by atomic mass is 19.4. The van der Waals surface area contributed by atoms with E-state index in [4.69, 9.17) is 25.1 Å². The van der Waals surface area contributed by atoms with Crippen molar-refractivity contribution >= 4 is 17.8 Å². The number of nitrogens with zero attached hydrogens (tertiary/aromatic N) is 3. The van der Waals surface area contributed by atoms with Crippen LogP contribution in [-0.2, 0) is 14.4 Å². The molecule has 0 aromatic carbocycles. The van der Waals surface area contributed by atoms with E-state index in [0.717, 1.165) is 32.2 Å². The third-order valence-electron chi connectivity index (χ3n) is 6.12. The number of carboxylic acids is 2. The molecule has 1 unspecified atom stereocenters. The number of carbonyl (C=O) groups is 3. The van der Waals surface area contributed by atoms with Gasteiger partial charge in [-0.3, -0.25) is 4.79 Å². The second-order valence-electron chi connectivity index (χ2n) is 8.68. The summed E-state index contributed by atoms with van der Waals surface area (Å²) in [7, 11) is 4.29. The smallest absolute Gasteiger partial charge is 0.475 e. The number of likely N-dealkylation sites (tertiary alicyclic amines) is 1. The van der Waals surface area contributed by atoms with Gasteiger partial charge in [0.25, 0.3) is 0 Å². The van der Waals surface area contributed by atoms with Crippen molar-refractivity contribution < 1.29 is 50.9 Å². The summed E-state index contributed by atoms with van der Waals surface area (Å²) in [6.45, 7) is 0.755. The van der Waals surface area contributed by atoms with E-state index in [1.54, 1.807) is 4.90 Å². The number of alkyl halides is 6. The van der Waals surface area contributed by atoms with Gasteiger partial charge in [0.2, 0.25) is 5.91 Å². The highest BCUT2D eigenvalue weighted by Crippen LogP contribution is 2.35. The van der Waals surface area contributed by atoms with Crippen molar-refractivity contribution in [2.75, 3.05) is 20.6 Å². The van der Waals surface area contributed by atoms with Crippen molar-refractivity contribution in [3.05, 3.63) is 0 Å². The molecule has 1 aliphatic carbocycles. The zero-order chi connectivity index (χ0) is 27.1. The van der Waals surface area contributed by atoms with E-state index < -0.39 is 24.3 Å². The lowest BCUT2D eigenvalue weighted by molar-refractivity contribution is -0.193. The number of nitriles is 1. The molecular formula is C20H28F6N4O5. The summed E-state index contributed by atoms with van der Waals surface area (Å²) in [5.41, 5.74) is 0. The molecule has 200 valence electrons. The van der Waals surface area contributed by atoms with E-state index >= 15 is 0 Å². The minimum atomic E-state index is -5.08. The molecule has 1 saturated carbocycles. The lowest BCUT2D eigenvalue weighted by Crippen LogP contribution is -2.48. The van der Waals surface area contributed by atoms with Gasteiger partial charge in [-0.05, 0) is 58.5 Å². The Bertz CT molecular complexity index is 774. The zero-order valence-electron chi connectivity index (χ0n) is 19.1. The first-order valence-corrected chi connectivity index (χ1v) is 10.7. The first-order valence-electron chi connectivity index (χ1n) is 10.7. The van der Waals surface area contributed by atoms with E-state index in [0.29, 0.717) is 18.0 Å². The highest BCUT2D eigenvalue weighted by Gasteiger charge is 2.44. The molecule has 3 aliphatic rings. The van der Waals surface area contributed by atoms with Crippen LogP contribution in [0.3, 0.4) is 0 Å². The van der Waals surface area contributed by atoms with Crippen LogP contribution in [-0.4, -0.2) is 95.0 Å². The lowest BCUT2D eigenvalue weighted by Gasteiger charge is -2.35. The molecule has 0 radical (unpaired) electrons. The molecule has 2 aliphatic heterocycles. The van der Waals surface area contributed by atoms with E-state index in [9.17, 15) is 31.1 Å². The van der Waals surface area contributed by atoms with Crippen molar-refractivity contribution in [3.63, 3.8) is 0 Å². The fourth-order valence-electron chi connectivity index (χ4n) is 4.33. The van der Waals surface area contributed by atoms with E-state index in [2.05, 4.69) is 30.4 Å². The fraction of sp³-hybridized carbons (Fsp3) is 0.800. The molecule has 3 fully saturated rings. The Morgan fingerprint density at radius 3 is 1.91 bits per heavy atom. The average Bonchev–Trinajstić information content (AvgIpc) is 3.38. The summed E-state index contributed by atoms with van der Waals surface area (Å²) in [4.78, 5) is 34.6. The number of hydrogen-bond acceptors (Lipinski definition) is 6. The van der Waals surface area contributed by atoms with Crippen LogP contribution in [0.2, 0.25) is 0 Å². The first kappa shape index (κ1) is 30.4. The molecule has 1 amide bonds. The predicted octanol–water partition coefficient (Wildman–Crippen LogP) is 2.23. The quantitative estimate of drug-likeness (QED) is 0.474. The Morgan fingerprint density at radius 2 is 1.49 bits per heavy atom. The molecule has 2 heterocycles. The van der Waals surface area contributed by atoms with Gasteiger partial charge < -0.3 is 25.3 Å². The van der Waals surface area contributed by atoms with Crippen molar-refractivity contribution in [1.82, 2.24) is 15.1 Å². The number of hydrogen-bond donors (Lipinski definition) is 3. The maximum atomic E-state index is 12.7. The van der Waals surface area contributed by atoms with Gasteiger partial charge in [0.1, 0.15) is 6.04 Å². The van der Waals surface area contributed by atoms with Gasteiger partial charge >= 0.3 is 24.3 Å². The van der Waals surface area contributed by atoms with Crippen LogP contribution in [0, 0.1) is 17.2 Å². The summed E-state index contributed by atoms with van der Waals surface area (Å²) < 4.78 is 63.5. The summed E-state index contributed by atoms with van der Waals surface area (Å²) in [5, 5.41) is 27.0. The molecule has 0 aromatic rings. The number of aliphatic carboxylic acids is 2. The van der Waals surface area contributed by atoms with Crippen LogP contribution in [0.25, 0.3) is 0 Å². The minimum absolute atomic E-state index is 0.0603. The maximum absolute atomic E-state index is 12.7. The molecule has 5 atom stereocenters. The van der Waals surface area contributed by atoms with E-state index in [-0.39, 0.29) is 18.0 Å². The number of carboxylic acid groups (broad SMARTS) is 2. The largest absolute Gasteiger partial charge is 0.490 e. The first-order chi connectivity index (χ1) is 16.0. The number of nitrogens with one attached hydrogen (secondary N) is 1. The van der Waals surface area contributed by atoms with Crippen LogP contribution < -0.4 is 5.32 Å². The molecule has 35 heavy (non-hydrogen) atoms. The summed E-state index contributed by atoms with van der Waals surface area (Å²) in [6.07, 6.45) is -3.81. The topological polar surface area (TPSA) is 134 Å². The zero-order valence-corrected chi connectivity index (χ0v) is 19.1. The van der Waals surface area contributed by atoms with Crippen LogP contribution in [0.4, 0.5) is 26.3 Å². The van der Waals surface area contributed by atoms with Gasteiger partial charge in [0.05, 0.1) is 12.1 Å². The van der Waals surface area contributed by atoms with Gasteiger partial charge in [0.15, 0.2) is 0 Å². The van der Waals surface area contributed by atoms with Gasteiger partial charge in [-0.25, -0.2) is 9.59 Å². The minimum Gasteiger partial charge on any atom is -0.475 e. The molecule has 0 aromatic heterocycles. The summed E-state index contributed by atoms with van der Waals surface area (Å²) >= 11 is 0. The predicted molar refractivity (Wildman–Crippen MR) is 108 cm³/mol. The maximum Gasteiger partial charge on any atom is 0.490 e.